The molecule has 40 heavy (non-hydrogen) atoms. The highest BCUT2D eigenvalue weighted by Gasteiger charge is 2.22. The fourth-order valence-corrected chi connectivity index (χ4v) is 5.18. The maximum absolute atomic E-state index is 15.0. The zero-order chi connectivity index (χ0) is 27.5. The number of nitrogens with one attached hydrogen (secondary N) is 1. The first kappa shape index (κ1) is 26.3. The molecule has 3 aromatic heterocycles. The Bertz CT molecular complexity index is 1410. The van der Waals surface area contributed by atoms with Gasteiger partial charge >= 0.3 is 0 Å². The minimum Gasteiger partial charge on any atom is -0.493 e. The zero-order valence-electron chi connectivity index (χ0n) is 22.7. The van der Waals surface area contributed by atoms with Crippen molar-refractivity contribution in [1.29, 1.82) is 0 Å². The number of hydrogen-bond donors (Lipinski definition) is 2. The van der Waals surface area contributed by atoms with Gasteiger partial charge in [-0.1, -0.05) is 0 Å². The molecule has 4 aromatic rings. The molecule has 0 unspecified atom stereocenters. The van der Waals surface area contributed by atoms with Gasteiger partial charge in [0.05, 0.1) is 18.6 Å². The number of halogens is 1. The van der Waals surface area contributed by atoms with E-state index in [4.69, 9.17) is 14.9 Å². The first-order valence-electron chi connectivity index (χ1n) is 13.8. The summed E-state index contributed by atoms with van der Waals surface area (Å²) in [6.07, 6.45) is 3.77. The summed E-state index contributed by atoms with van der Waals surface area (Å²) >= 11 is 0. The summed E-state index contributed by atoms with van der Waals surface area (Å²) in [5.74, 6) is 2.89. The third-order valence-corrected chi connectivity index (χ3v) is 7.63. The van der Waals surface area contributed by atoms with Gasteiger partial charge in [0.1, 0.15) is 11.6 Å². The second-order valence-electron chi connectivity index (χ2n) is 10.4. The van der Waals surface area contributed by atoms with Crippen LogP contribution in [0.3, 0.4) is 0 Å². The fourth-order valence-electron chi connectivity index (χ4n) is 5.18. The summed E-state index contributed by atoms with van der Waals surface area (Å²) in [5.41, 5.74) is 6.77. The van der Waals surface area contributed by atoms with Crippen molar-refractivity contribution < 1.29 is 13.5 Å². The number of furan rings is 1. The van der Waals surface area contributed by atoms with Crippen LogP contribution in [0.1, 0.15) is 12.8 Å². The SMILES string of the molecule is CN(CCN1CCN(c2ccc(OCC3CCNCC3)cc2F)CC1)c1nc(N)n2nc(-c3ccco3)nc2n1. The molecule has 0 amide bonds. The van der Waals surface area contributed by atoms with Crippen molar-refractivity contribution in [2.75, 3.05) is 81.5 Å². The fraction of sp³-hybridized carbons (Fsp3) is 0.481. The van der Waals surface area contributed by atoms with Crippen LogP contribution in [0.2, 0.25) is 0 Å². The zero-order valence-corrected chi connectivity index (χ0v) is 22.7. The van der Waals surface area contributed by atoms with Gasteiger partial charge in [0.15, 0.2) is 5.76 Å². The van der Waals surface area contributed by atoms with E-state index in [2.05, 4.69) is 35.2 Å². The van der Waals surface area contributed by atoms with Gasteiger partial charge in [0.25, 0.3) is 5.78 Å². The molecule has 0 bridgehead atoms. The summed E-state index contributed by atoms with van der Waals surface area (Å²) in [6.45, 7) is 7.38. The molecule has 1 aromatic carbocycles. The van der Waals surface area contributed by atoms with Crippen molar-refractivity contribution in [2.24, 2.45) is 5.92 Å². The average molecular weight is 551 g/mol. The van der Waals surface area contributed by atoms with Gasteiger partial charge < -0.3 is 30.0 Å². The average Bonchev–Trinajstić information content (AvgIpc) is 3.67. The highest BCUT2D eigenvalue weighted by Crippen LogP contribution is 2.26. The third-order valence-electron chi connectivity index (χ3n) is 7.63. The number of nitrogen functional groups attached to an aromatic ring is 1. The van der Waals surface area contributed by atoms with E-state index in [1.807, 2.05) is 24.1 Å². The molecule has 0 saturated carbocycles. The van der Waals surface area contributed by atoms with Crippen molar-refractivity contribution in [2.45, 2.75) is 12.8 Å². The molecule has 0 atom stereocenters. The van der Waals surface area contributed by atoms with Crippen molar-refractivity contribution in [3.8, 4) is 17.3 Å². The molecule has 2 saturated heterocycles. The molecule has 2 fully saturated rings. The molecule has 5 heterocycles. The molecule has 2 aliphatic rings. The summed E-state index contributed by atoms with van der Waals surface area (Å²) in [6, 6.07) is 8.80. The molecule has 3 N–H and O–H groups in total. The molecule has 212 valence electrons. The van der Waals surface area contributed by atoms with Crippen LogP contribution in [-0.4, -0.2) is 95.5 Å². The van der Waals surface area contributed by atoms with Crippen molar-refractivity contribution in [1.82, 2.24) is 34.8 Å². The molecule has 13 heteroatoms. The molecule has 6 rings (SSSR count). The van der Waals surface area contributed by atoms with Gasteiger partial charge in [-0.2, -0.15) is 19.5 Å². The van der Waals surface area contributed by atoms with E-state index in [-0.39, 0.29) is 11.8 Å². The molecular weight excluding hydrogens is 515 g/mol. The Labute approximate surface area is 231 Å². The topological polar surface area (TPSA) is 126 Å². The van der Waals surface area contributed by atoms with E-state index in [1.165, 1.54) is 10.6 Å². The van der Waals surface area contributed by atoms with Crippen LogP contribution in [-0.2, 0) is 0 Å². The minimum absolute atomic E-state index is 0.204. The summed E-state index contributed by atoms with van der Waals surface area (Å²) in [7, 11) is 1.93. The van der Waals surface area contributed by atoms with E-state index in [0.717, 1.165) is 58.7 Å². The first-order valence-corrected chi connectivity index (χ1v) is 13.8. The number of benzene rings is 1. The first-order chi connectivity index (χ1) is 19.5. The highest BCUT2D eigenvalue weighted by atomic mass is 19.1. The Kier molecular flexibility index (Phi) is 7.64. The number of piperazine rings is 1. The van der Waals surface area contributed by atoms with E-state index in [1.54, 1.807) is 18.4 Å². The number of nitrogens with two attached hydrogens (primary N) is 1. The number of nitrogens with zero attached hydrogens (tertiary/aromatic N) is 8. The van der Waals surface area contributed by atoms with Crippen molar-refractivity contribution in [3.63, 3.8) is 0 Å². The predicted molar refractivity (Wildman–Crippen MR) is 150 cm³/mol. The molecule has 0 aliphatic carbocycles. The molecule has 0 spiro atoms. The van der Waals surface area contributed by atoms with Crippen LogP contribution in [0, 0.1) is 11.7 Å². The molecule has 0 radical (unpaired) electrons. The number of hydrogen-bond acceptors (Lipinski definition) is 11. The number of piperidine rings is 1. The third kappa shape index (κ3) is 5.80. The number of likely N-dealkylation sites (N-methyl/N-ethyl adjacent to an activating group) is 1. The van der Waals surface area contributed by atoms with Gasteiger partial charge in [-0.3, -0.25) is 4.90 Å². The van der Waals surface area contributed by atoms with E-state index < -0.39 is 0 Å². The maximum atomic E-state index is 15.0. The lowest BCUT2D eigenvalue weighted by Gasteiger charge is -2.36. The lowest BCUT2D eigenvalue weighted by atomic mass is 9.99. The number of anilines is 3. The predicted octanol–water partition coefficient (Wildman–Crippen LogP) is 2.14. The van der Waals surface area contributed by atoms with Crippen LogP contribution in [0.15, 0.2) is 41.0 Å². The van der Waals surface area contributed by atoms with Gasteiger partial charge in [-0.05, 0) is 56.1 Å². The normalized spacial score (nSPS) is 17.0. The van der Waals surface area contributed by atoms with Gasteiger partial charge in [-0.25, -0.2) is 4.39 Å². The quantitative estimate of drug-likeness (QED) is 0.318. The summed E-state index contributed by atoms with van der Waals surface area (Å²) < 4.78 is 27.6. The van der Waals surface area contributed by atoms with Crippen molar-refractivity contribution in [3.05, 3.63) is 42.4 Å². The number of rotatable bonds is 9. The second-order valence-corrected chi connectivity index (χ2v) is 10.4. The Balaban J connectivity index is 0.999. The monoisotopic (exact) mass is 550 g/mol. The molecular formula is C27H35FN10O2. The number of fused-ring (bicyclic) bond motifs is 1. The van der Waals surface area contributed by atoms with Gasteiger partial charge in [-0.15, -0.1) is 5.10 Å². The van der Waals surface area contributed by atoms with E-state index in [9.17, 15) is 4.39 Å². The standard InChI is InChI=1S/C27H35FN10O2/c1-35(26-32-25(29)38-27(33-26)31-24(34-38)23-3-2-16-39-23)10-11-36-12-14-37(15-13-36)22-5-4-20(17-21(22)28)40-18-19-6-8-30-9-7-19/h2-5,16-17,19,30H,6-15,18H2,1H3,(H2,29,31,32,33,34). The van der Waals surface area contributed by atoms with Gasteiger partial charge in [0.2, 0.25) is 17.7 Å². The van der Waals surface area contributed by atoms with Crippen LogP contribution in [0.25, 0.3) is 17.4 Å². The Morgan fingerprint density at radius 3 is 2.70 bits per heavy atom. The van der Waals surface area contributed by atoms with Crippen LogP contribution in [0.5, 0.6) is 5.75 Å². The molecule has 2 aliphatic heterocycles. The molecule has 12 nitrogen and oxygen atoms in total. The minimum atomic E-state index is -0.232. The summed E-state index contributed by atoms with van der Waals surface area (Å²) in [4.78, 5) is 19.8. The second kappa shape index (κ2) is 11.6. The highest BCUT2D eigenvalue weighted by molar-refractivity contribution is 5.53. The largest absolute Gasteiger partial charge is 0.493 e. The Morgan fingerprint density at radius 1 is 1.12 bits per heavy atom. The Hall–Kier alpha value is -3.97. The van der Waals surface area contributed by atoms with Crippen molar-refractivity contribution >= 4 is 23.4 Å². The lowest BCUT2D eigenvalue weighted by Crippen LogP contribution is -2.48. The van der Waals surface area contributed by atoms with Crippen LogP contribution in [0.4, 0.5) is 22.0 Å². The van der Waals surface area contributed by atoms with Crippen LogP contribution < -0.4 is 25.6 Å². The lowest BCUT2D eigenvalue weighted by molar-refractivity contribution is 0.214. The van der Waals surface area contributed by atoms with Crippen LogP contribution >= 0.6 is 0 Å². The maximum Gasteiger partial charge on any atom is 0.259 e. The smallest absolute Gasteiger partial charge is 0.259 e. The van der Waals surface area contributed by atoms with E-state index >= 15 is 0 Å². The number of ether oxygens (including phenoxy) is 1. The number of aromatic nitrogens is 5. The van der Waals surface area contributed by atoms with Gasteiger partial charge in [0, 0.05) is 52.4 Å². The summed E-state index contributed by atoms with van der Waals surface area (Å²) in [5, 5.41) is 7.70. The Morgan fingerprint density at radius 2 is 1.95 bits per heavy atom. The van der Waals surface area contributed by atoms with E-state index in [0.29, 0.717) is 53.8 Å².